The highest BCUT2D eigenvalue weighted by Crippen LogP contribution is 2.44. The molecule has 0 amide bonds. The normalized spacial score (nSPS) is 15.9. The van der Waals surface area contributed by atoms with Crippen LogP contribution < -0.4 is 5.56 Å². The zero-order valence-corrected chi connectivity index (χ0v) is 20.3. The predicted octanol–water partition coefficient (Wildman–Crippen LogP) is 7.61. The fourth-order valence-corrected chi connectivity index (χ4v) is 5.48. The standard InChI is InChI=1S/C25H13ClF8N2OS/c26-19-5-12(2-4-17(19)24(29,30)31)14-6-22(38-11-14)21-8-18(25(32,33)34)16(9-35)23(37)36(21)10-13-1-3-15(27)7-20(13)28/h1-8,14H,10-11H2. The second-order valence-electron chi connectivity index (χ2n) is 8.24. The first-order chi connectivity index (χ1) is 17.7. The molecule has 198 valence electrons. The molecule has 0 spiro atoms. The van der Waals surface area contributed by atoms with Crippen LogP contribution in [0.25, 0.3) is 4.91 Å². The maximum Gasteiger partial charge on any atom is 0.417 e. The molecule has 3 nitrogen and oxygen atoms in total. The largest absolute Gasteiger partial charge is 0.417 e. The molecule has 38 heavy (non-hydrogen) atoms. The molecule has 0 bridgehead atoms. The second-order valence-corrected chi connectivity index (χ2v) is 9.71. The molecule has 0 N–H and O–H groups in total. The lowest BCUT2D eigenvalue weighted by molar-refractivity contribution is -0.138. The highest BCUT2D eigenvalue weighted by atomic mass is 35.5. The first-order valence-electron chi connectivity index (χ1n) is 10.6. The van der Waals surface area contributed by atoms with Gasteiger partial charge in [0.25, 0.3) is 5.56 Å². The van der Waals surface area contributed by atoms with Crippen LogP contribution in [0.5, 0.6) is 0 Å². The number of hydrogen-bond acceptors (Lipinski definition) is 3. The van der Waals surface area contributed by atoms with Crippen molar-refractivity contribution in [2.75, 3.05) is 5.75 Å². The molecule has 2 heterocycles. The third-order valence-corrected chi connectivity index (χ3v) is 7.31. The van der Waals surface area contributed by atoms with Gasteiger partial charge in [0.1, 0.15) is 23.3 Å². The zero-order chi connectivity index (χ0) is 28.0. The molecule has 1 atom stereocenters. The molecule has 0 fully saturated rings. The summed E-state index contributed by atoms with van der Waals surface area (Å²) in [6.07, 6.45) is -8.28. The van der Waals surface area contributed by atoms with Crippen molar-refractivity contribution in [2.24, 2.45) is 0 Å². The van der Waals surface area contributed by atoms with Gasteiger partial charge < -0.3 is 4.57 Å². The van der Waals surface area contributed by atoms with Crippen molar-refractivity contribution in [3.05, 3.63) is 109 Å². The number of nitrogens with zero attached hydrogens (tertiary/aromatic N) is 2. The Hall–Kier alpha value is -3.30. The molecule has 1 aliphatic rings. The van der Waals surface area contributed by atoms with E-state index in [0.717, 1.165) is 40.6 Å². The Bertz CT molecular complexity index is 1550. The number of benzene rings is 2. The summed E-state index contributed by atoms with van der Waals surface area (Å²) in [6.45, 7) is -0.609. The molecule has 0 radical (unpaired) electrons. The molecule has 0 aliphatic carbocycles. The lowest BCUT2D eigenvalue weighted by atomic mass is 9.98. The van der Waals surface area contributed by atoms with Crippen LogP contribution in [0.2, 0.25) is 5.02 Å². The third-order valence-electron chi connectivity index (χ3n) is 5.81. The summed E-state index contributed by atoms with van der Waals surface area (Å²) < 4.78 is 109. The monoisotopic (exact) mass is 576 g/mol. The second kappa shape index (κ2) is 10.1. The maximum absolute atomic E-state index is 14.4. The molecule has 2 aromatic carbocycles. The summed E-state index contributed by atoms with van der Waals surface area (Å²) in [4.78, 5) is 13.2. The summed E-state index contributed by atoms with van der Waals surface area (Å²) in [6, 6.07) is 7.43. The van der Waals surface area contributed by atoms with Crippen LogP contribution in [0.1, 0.15) is 39.4 Å². The van der Waals surface area contributed by atoms with Crippen LogP contribution in [0.15, 0.2) is 53.3 Å². The van der Waals surface area contributed by atoms with Gasteiger partial charge in [0.05, 0.1) is 28.4 Å². The van der Waals surface area contributed by atoms with Crippen LogP contribution in [0.4, 0.5) is 35.1 Å². The number of allylic oxidation sites excluding steroid dienone is 1. The molecule has 0 saturated carbocycles. The summed E-state index contributed by atoms with van der Waals surface area (Å²) in [7, 11) is 0. The lowest BCUT2D eigenvalue weighted by Gasteiger charge is -2.18. The quantitative estimate of drug-likeness (QED) is 0.300. The minimum atomic E-state index is -5.07. The van der Waals surface area contributed by atoms with Crippen molar-refractivity contribution >= 4 is 28.3 Å². The minimum absolute atomic E-state index is 0.153. The van der Waals surface area contributed by atoms with Crippen molar-refractivity contribution < 1.29 is 35.1 Å². The fourth-order valence-electron chi connectivity index (χ4n) is 3.96. The first-order valence-corrected chi connectivity index (χ1v) is 12.0. The SMILES string of the molecule is N#Cc1c(C(F)(F)F)cc(C2=CC(c3ccc(C(F)(F)F)c(Cl)c3)CS2)n(Cc2ccc(F)cc2F)c1=O. The summed E-state index contributed by atoms with van der Waals surface area (Å²) >= 11 is 6.82. The van der Waals surface area contributed by atoms with E-state index in [2.05, 4.69) is 0 Å². The third kappa shape index (κ3) is 5.44. The number of halogens is 9. The van der Waals surface area contributed by atoms with Gasteiger partial charge in [-0.25, -0.2) is 8.78 Å². The van der Waals surface area contributed by atoms with E-state index in [0.29, 0.717) is 17.7 Å². The van der Waals surface area contributed by atoms with Gasteiger partial charge in [0.2, 0.25) is 0 Å². The van der Waals surface area contributed by atoms with Gasteiger partial charge in [-0.3, -0.25) is 4.79 Å². The summed E-state index contributed by atoms with van der Waals surface area (Å²) in [5.41, 5.74) is -5.20. The van der Waals surface area contributed by atoms with Crippen molar-refractivity contribution in [2.45, 2.75) is 24.8 Å². The van der Waals surface area contributed by atoms with E-state index in [1.165, 1.54) is 18.2 Å². The molecular formula is C25H13ClF8N2OS. The number of thioether (sulfide) groups is 1. The predicted molar refractivity (Wildman–Crippen MR) is 126 cm³/mol. The van der Waals surface area contributed by atoms with E-state index in [1.807, 2.05) is 0 Å². The highest BCUT2D eigenvalue weighted by molar-refractivity contribution is 8.08. The Morgan fingerprint density at radius 3 is 2.26 bits per heavy atom. The average molecular weight is 577 g/mol. The van der Waals surface area contributed by atoms with Gasteiger partial charge in [-0.1, -0.05) is 29.8 Å². The Kier molecular flexibility index (Phi) is 7.38. The van der Waals surface area contributed by atoms with Crippen molar-refractivity contribution in [3.8, 4) is 6.07 Å². The van der Waals surface area contributed by atoms with Crippen LogP contribution in [-0.2, 0) is 18.9 Å². The molecule has 3 aromatic rings. The fraction of sp³-hybridized carbons (Fsp3) is 0.200. The summed E-state index contributed by atoms with van der Waals surface area (Å²) in [5.74, 6) is -2.34. The van der Waals surface area contributed by atoms with E-state index in [9.17, 15) is 45.2 Å². The van der Waals surface area contributed by atoms with Gasteiger partial charge in [0, 0.05) is 28.2 Å². The number of alkyl halides is 6. The van der Waals surface area contributed by atoms with E-state index in [1.54, 1.807) is 0 Å². The number of nitriles is 1. The van der Waals surface area contributed by atoms with E-state index in [4.69, 9.17) is 11.6 Å². The smallest absolute Gasteiger partial charge is 0.302 e. The molecular weight excluding hydrogens is 564 g/mol. The van der Waals surface area contributed by atoms with Crippen LogP contribution in [0, 0.1) is 23.0 Å². The van der Waals surface area contributed by atoms with Gasteiger partial charge in [0.15, 0.2) is 0 Å². The van der Waals surface area contributed by atoms with Gasteiger partial charge in [-0.15, -0.1) is 11.8 Å². The number of rotatable bonds is 4. The van der Waals surface area contributed by atoms with Crippen LogP contribution in [0.3, 0.4) is 0 Å². The number of pyridine rings is 1. The molecule has 13 heteroatoms. The molecule has 1 aliphatic heterocycles. The van der Waals surface area contributed by atoms with Crippen LogP contribution in [-0.4, -0.2) is 10.3 Å². The number of aromatic nitrogens is 1. The Morgan fingerprint density at radius 1 is 1.00 bits per heavy atom. The molecule has 4 rings (SSSR count). The van der Waals surface area contributed by atoms with E-state index >= 15 is 0 Å². The van der Waals surface area contributed by atoms with Gasteiger partial charge in [-0.05, 0) is 29.8 Å². The van der Waals surface area contributed by atoms with E-state index < -0.39 is 63.7 Å². The first kappa shape index (κ1) is 27.7. The van der Waals surface area contributed by atoms with Gasteiger partial charge >= 0.3 is 12.4 Å². The van der Waals surface area contributed by atoms with Gasteiger partial charge in [-0.2, -0.15) is 31.6 Å². The van der Waals surface area contributed by atoms with Crippen LogP contribution >= 0.6 is 23.4 Å². The highest BCUT2D eigenvalue weighted by Gasteiger charge is 2.38. The Morgan fingerprint density at radius 2 is 1.68 bits per heavy atom. The summed E-state index contributed by atoms with van der Waals surface area (Å²) in [5, 5.41) is 8.74. The molecule has 1 unspecified atom stereocenters. The molecule has 0 saturated heterocycles. The van der Waals surface area contributed by atoms with Crippen molar-refractivity contribution in [3.63, 3.8) is 0 Å². The van der Waals surface area contributed by atoms with Crippen molar-refractivity contribution in [1.29, 1.82) is 5.26 Å². The topological polar surface area (TPSA) is 45.8 Å². The minimum Gasteiger partial charge on any atom is -0.302 e. The van der Waals surface area contributed by atoms with Crippen molar-refractivity contribution in [1.82, 2.24) is 4.57 Å². The average Bonchev–Trinajstić information content (AvgIpc) is 3.30. The van der Waals surface area contributed by atoms with E-state index in [-0.39, 0.29) is 21.9 Å². The zero-order valence-electron chi connectivity index (χ0n) is 18.7. The lowest BCUT2D eigenvalue weighted by Crippen LogP contribution is -2.29. The maximum atomic E-state index is 14.4. The Balaban J connectivity index is 1.85. The molecule has 1 aromatic heterocycles. The number of hydrogen-bond donors (Lipinski definition) is 0. The Labute approximate surface area is 219 Å².